The molecule has 7 nitrogen and oxygen atoms in total. The van der Waals surface area contributed by atoms with E-state index >= 15 is 0 Å². The van der Waals surface area contributed by atoms with Gasteiger partial charge in [-0.15, -0.1) is 0 Å². The van der Waals surface area contributed by atoms with Crippen LogP contribution in [-0.4, -0.2) is 86.2 Å². The summed E-state index contributed by atoms with van der Waals surface area (Å²) in [4.78, 5) is 19.8. The minimum absolute atomic E-state index is 0.0365. The van der Waals surface area contributed by atoms with Gasteiger partial charge in [0.2, 0.25) is 5.91 Å². The van der Waals surface area contributed by atoms with Gasteiger partial charge in [0.25, 0.3) is 0 Å². The Kier molecular flexibility index (Phi) is 8.37. The zero-order valence-electron chi connectivity index (χ0n) is 15.8. The van der Waals surface area contributed by atoms with Crippen molar-refractivity contribution in [2.75, 3.05) is 59.5 Å². The number of aliphatic hydroxyl groups is 1. The average Bonchev–Trinajstić information content (AvgIpc) is 2.68. The number of aliphatic hydroxyl groups excluding tert-OH is 1. The van der Waals surface area contributed by atoms with Crippen LogP contribution in [0, 0.1) is 0 Å². The molecular formula is C19H31N5O2. The van der Waals surface area contributed by atoms with Crippen molar-refractivity contribution in [3.05, 3.63) is 35.9 Å². The van der Waals surface area contributed by atoms with Gasteiger partial charge in [-0.25, -0.2) is 0 Å². The van der Waals surface area contributed by atoms with Gasteiger partial charge in [-0.2, -0.15) is 0 Å². The van der Waals surface area contributed by atoms with Crippen molar-refractivity contribution >= 4 is 11.9 Å². The first-order valence-corrected chi connectivity index (χ1v) is 9.22. The molecular weight excluding hydrogens is 330 g/mol. The van der Waals surface area contributed by atoms with Crippen LogP contribution < -0.4 is 10.6 Å². The Morgan fingerprint density at radius 1 is 1.19 bits per heavy atom. The van der Waals surface area contributed by atoms with Gasteiger partial charge in [0, 0.05) is 65.7 Å². The molecule has 0 aliphatic carbocycles. The summed E-state index contributed by atoms with van der Waals surface area (Å²) < 4.78 is 0. The van der Waals surface area contributed by atoms with Gasteiger partial charge in [0.05, 0.1) is 6.61 Å². The standard InChI is InChI=1S/C19H31N5O2/c1-16(26)24-12-10-23(11-13-24)9-8-21-19(20-2)22-14-18(15-25)17-6-4-3-5-7-17/h3-7,18,25H,8-15H2,1-2H3,(H2,20,21,22). The van der Waals surface area contributed by atoms with Crippen molar-refractivity contribution in [1.29, 1.82) is 0 Å². The number of guanidine groups is 1. The van der Waals surface area contributed by atoms with Crippen LogP contribution in [0.2, 0.25) is 0 Å². The Hall–Kier alpha value is -2.12. The van der Waals surface area contributed by atoms with Crippen molar-refractivity contribution in [2.24, 2.45) is 4.99 Å². The molecule has 0 saturated carbocycles. The van der Waals surface area contributed by atoms with Crippen LogP contribution in [0.5, 0.6) is 0 Å². The fraction of sp³-hybridized carbons (Fsp3) is 0.579. The third-order valence-electron chi connectivity index (χ3n) is 4.77. The Bertz CT molecular complexity index is 571. The molecule has 0 radical (unpaired) electrons. The SMILES string of the molecule is CN=C(NCCN1CCN(C(C)=O)CC1)NCC(CO)c1ccccc1. The molecule has 1 aromatic rings. The normalized spacial score (nSPS) is 17.0. The summed E-state index contributed by atoms with van der Waals surface area (Å²) >= 11 is 0. The average molecular weight is 361 g/mol. The lowest BCUT2D eigenvalue weighted by Crippen LogP contribution is -2.50. The smallest absolute Gasteiger partial charge is 0.219 e. The van der Waals surface area contributed by atoms with Crippen LogP contribution in [0.3, 0.4) is 0 Å². The molecule has 1 saturated heterocycles. The van der Waals surface area contributed by atoms with Crippen molar-refractivity contribution in [1.82, 2.24) is 20.4 Å². The van der Waals surface area contributed by atoms with E-state index in [1.54, 1.807) is 14.0 Å². The molecule has 1 atom stereocenters. The van der Waals surface area contributed by atoms with E-state index in [0.717, 1.165) is 50.8 Å². The molecule has 7 heteroatoms. The number of hydrogen-bond donors (Lipinski definition) is 3. The lowest BCUT2D eigenvalue weighted by atomic mass is 10.0. The molecule has 0 bridgehead atoms. The number of carbonyl (C=O) groups is 1. The van der Waals surface area contributed by atoms with Crippen LogP contribution >= 0.6 is 0 Å². The van der Waals surface area contributed by atoms with E-state index in [2.05, 4.69) is 20.5 Å². The fourth-order valence-corrected chi connectivity index (χ4v) is 3.07. The van der Waals surface area contributed by atoms with E-state index in [0.29, 0.717) is 6.54 Å². The highest BCUT2D eigenvalue weighted by Crippen LogP contribution is 2.13. The number of rotatable bonds is 7. The molecule has 2 rings (SSSR count). The number of amides is 1. The Morgan fingerprint density at radius 3 is 2.46 bits per heavy atom. The van der Waals surface area contributed by atoms with Gasteiger partial charge in [0.1, 0.15) is 0 Å². The van der Waals surface area contributed by atoms with E-state index in [1.807, 2.05) is 35.2 Å². The molecule has 3 N–H and O–H groups in total. The highest BCUT2D eigenvalue weighted by atomic mass is 16.3. The third-order valence-corrected chi connectivity index (χ3v) is 4.77. The summed E-state index contributed by atoms with van der Waals surface area (Å²) in [7, 11) is 1.75. The van der Waals surface area contributed by atoms with Crippen LogP contribution in [0.1, 0.15) is 18.4 Å². The maximum absolute atomic E-state index is 11.4. The number of piperazine rings is 1. The van der Waals surface area contributed by atoms with E-state index in [-0.39, 0.29) is 18.4 Å². The summed E-state index contributed by atoms with van der Waals surface area (Å²) in [6, 6.07) is 9.99. The van der Waals surface area contributed by atoms with Crippen LogP contribution in [0.25, 0.3) is 0 Å². The van der Waals surface area contributed by atoms with Gasteiger partial charge < -0.3 is 20.6 Å². The first-order chi connectivity index (χ1) is 12.6. The largest absolute Gasteiger partial charge is 0.396 e. The molecule has 1 amide bonds. The predicted octanol–water partition coefficient (Wildman–Crippen LogP) is 0.0916. The zero-order valence-corrected chi connectivity index (χ0v) is 15.8. The molecule has 1 heterocycles. The van der Waals surface area contributed by atoms with Gasteiger partial charge in [-0.05, 0) is 5.56 Å². The van der Waals surface area contributed by atoms with Gasteiger partial charge >= 0.3 is 0 Å². The minimum atomic E-state index is 0.0365. The third kappa shape index (κ3) is 6.31. The number of nitrogens with zero attached hydrogens (tertiary/aromatic N) is 3. The van der Waals surface area contributed by atoms with Gasteiger partial charge in [0.15, 0.2) is 5.96 Å². The number of carbonyl (C=O) groups excluding carboxylic acids is 1. The molecule has 144 valence electrons. The van der Waals surface area contributed by atoms with E-state index < -0.39 is 0 Å². The monoisotopic (exact) mass is 361 g/mol. The van der Waals surface area contributed by atoms with Crippen molar-refractivity contribution < 1.29 is 9.90 Å². The first kappa shape index (κ1) is 20.2. The van der Waals surface area contributed by atoms with E-state index in [4.69, 9.17) is 0 Å². The quantitative estimate of drug-likeness (QED) is 0.474. The minimum Gasteiger partial charge on any atom is -0.396 e. The Morgan fingerprint density at radius 2 is 1.88 bits per heavy atom. The molecule has 1 fully saturated rings. The topological polar surface area (TPSA) is 80.2 Å². The Balaban J connectivity index is 1.69. The van der Waals surface area contributed by atoms with Crippen molar-refractivity contribution in [3.8, 4) is 0 Å². The first-order valence-electron chi connectivity index (χ1n) is 9.22. The molecule has 1 aromatic carbocycles. The summed E-state index contributed by atoms with van der Waals surface area (Å²) in [6.07, 6.45) is 0. The summed E-state index contributed by atoms with van der Waals surface area (Å²) in [5.74, 6) is 0.931. The molecule has 26 heavy (non-hydrogen) atoms. The summed E-state index contributed by atoms with van der Waals surface area (Å²) in [5.41, 5.74) is 1.11. The number of nitrogens with one attached hydrogen (secondary N) is 2. The van der Waals surface area contributed by atoms with Gasteiger partial charge in [-0.1, -0.05) is 30.3 Å². The van der Waals surface area contributed by atoms with Crippen molar-refractivity contribution in [3.63, 3.8) is 0 Å². The number of benzene rings is 1. The lowest BCUT2D eigenvalue weighted by molar-refractivity contribution is -0.130. The highest BCUT2D eigenvalue weighted by Gasteiger charge is 2.18. The molecule has 1 unspecified atom stereocenters. The summed E-state index contributed by atoms with van der Waals surface area (Å²) in [5, 5.41) is 16.2. The van der Waals surface area contributed by atoms with Crippen molar-refractivity contribution in [2.45, 2.75) is 12.8 Å². The Labute approximate surface area is 156 Å². The molecule has 1 aliphatic heterocycles. The second-order valence-corrected chi connectivity index (χ2v) is 6.52. The molecule has 0 spiro atoms. The van der Waals surface area contributed by atoms with Crippen LogP contribution in [0.15, 0.2) is 35.3 Å². The van der Waals surface area contributed by atoms with Crippen LogP contribution in [-0.2, 0) is 4.79 Å². The van der Waals surface area contributed by atoms with E-state index in [9.17, 15) is 9.90 Å². The number of aliphatic imine (C=N–C) groups is 1. The number of hydrogen-bond acceptors (Lipinski definition) is 4. The molecule has 0 aromatic heterocycles. The second kappa shape index (κ2) is 10.8. The maximum Gasteiger partial charge on any atom is 0.219 e. The predicted molar refractivity (Wildman–Crippen MR) is 104 cm³/mol. The zero-order chi connectivity index (χ0) is 18.8. The maximum atomic E-state index is 11.4. The van der Waals surface area contributed by atoms with Crippen LogP contribution in [0.4, 0.5) is 0 Å². The second-order valence-electron chi connectivity index (χ2n) is 6.52. The molecule has 1 aliphatic rings. The highest BCUT2D eigenvalue weighted by molar-refractivity contribution is 5.79. The summed E-state index contributed by atoms with van der Waals surface area (Å²) in [6.45, 7) is 7.47. The lowest BCUT2D eigenvalue weighted by Gasteiger charge is -2.34. The van der Waals surface area contributed by atoms with Gasteiger partial charge in [-0.3, -0.25) is 14.7 Å². The fourth-order valence-electron chi connectivity index (χ4n) is 3.07. The van der Waals surface area contributed by atoms with E-state index in [1.165, 1.54) is 0 Å².